The number of nitrogens with two attached hydrogens (primary N) is 1. The molecular formula is C17H20ClNO4S. The highest BCUT2D eigenvalue weighted by Gasteiger charge is 2.15. The van der Waals surface area contributed by atoms with Gasteiger partial charge >= 0.3 is 5.97 Å². The summed E-state index contributed by atoms with van der Waals surface area (Å²) in [4.78, 5) is 11.9. The Labute approximate surface area is 148 Å². The molecule has 0 spiro atoms. The Balaban J connectivity index is 0.00000288. The number of aryl methyl sites for hydroxylation is 1. The number of para-hydroxylation sites is 1. The van der Waals surface area contributed by atoms with Crippen molar-refractivity contribution in [2.45, 2.75) is 24.3 Å². The molecule has 5 nitrogen and oxygen atoms in total. The fraction of sp³-hybridized carbons (Fsp3) is 0.235. The van der Waals surface area contributed by atoms with Crippen molar-refractivity contribution >= 4 is 33.9 Å². The molecule has 0 aromatic heterocycles. The molecule has 2 aromatic rings. The van der Waals surface area contributed by atoms with Crippen molar-refractivity contribution in [2.75, 3.05) is 12.0 Å². The summed E-state index contributed by atoms with van der Waals surface area (Å²) in [7, 11) is -3.41. The van der Waals surface area contributed by atoms with Crippen molar-refractivity contribution < 1.29 is 17.9 Å². The van der Waals surface area contributed by atoms with Gasteiger partial charge in [0.25, 0.3) is 0 Å². The van der Waals surface area contributed by atoms with Crippen molar-refractivity contribution in [2.24, 2.45) is 0 Å². The number of hydrogen-bond donors (Lipinski definition) is 1. The van der Waals surface area contributed by atoms with Gasteiger partial charge in [-0.15, -0.1) is 12.4 Å². The zero-order chi connectivity index (χ0) is 16.9. The minimum atomic E-state index is -3.41. The molecule has 7 heteroatoms. The van der Waals surface area contributed by atoms with Crippen LogP contribution in [0.3, 0.4) is 0 Å². The Bertz CT molecular complexity index is 791. The van der Waals surface area contributed by atoms with E-state index in [1.165, 1.54) is 6.07 Å². The topological polar surface area (TPSA) is 86.5 Å². The van der Waals surface area contributed by atoms with Crippen LogP contribution in [0.25, 0.3) is 0 Å². The molecule has 2 N–H and O–H groups in total. The molecule has 0 aliphatic heterocycles. The van der Waals surface area contributed by atoms with E-state index in [0.29, 0.717) is 12.0 Å². The van der Waals surface area contributed by atoms with E-state index in [0.717, 1.165) is 11.8 Å². The van der Waals surface area contributed by atoms with Crippen LogP contribution in [0.4, 0.5) is 5.69 Å². The van der Waals surface area contributed by atoms with Gasteiger partial charge in [0.2, 0.25) is 0 Å². The van der Waals surface area contributed by atoms with E-state index >= 15 is 0 Å². The van der Waals surface area contributed by atoms with Crippen LogP contribution < -0.4 is 5.73 Å². The molecule has 0 radical (unpaired) electrons. The van der Waals surface area contributed by atoms with Gasteiger partial charge in [0.15, 0.2) is 9.84 Å². The monoisotopic (exact) mass is 369 g/mol. The number of carbonyl (C=O) groups excluding carboxylic acids is 1. The summed E-state index contributed by atoms with van der Waals surface area (Å²) < 4.78 is 28.4. The molecule has 0 saturated carbocycles. The van der Waals surface area contributed by atoms with Crippen molar-refractivity contribution in [3.05, 3.63) is 59.7 Å². The summed E-state index contributed by atoms with van der Waals surface area (Å²) in [6.07, 6.45) is 1.95. The summed E-state index contributed by atoms with van der Waals surface area (Å²) in [6, 6.07) is 14.3. The summed E-state index contributed by atoms with van der Waals surface area (Å²) in [5.41, 5.74) is 7.53. The first-order valence-corrected chi connectivity index (χ1v) is 9.04. The molecule has 0 aliphatic carbocycles. The van der Waals surface area contributed by atoms with Gasteiger partial charge in [-0.1, -0.05) is 42.5 Å². The standard InChI is InChI=1S/C17H19NO4S.ClH/c1-23(20,21)15-9-5-8-14(17(15)18)12-22-16(19)11-10-13-6-3-2-4-7-13;/h2-9H,10-12,18H2,1H3;1H. The minimum absolute atomic E-state index is 0. The molecule has 2 rings (SSSR count). The van der Waals surface area contributed by atoms with Gasteiger partial charge in [0.05, 0.1) is 10.6 Å². The van der Waals surface area contributed by atoms with Crippen LogP contribution >= 0.6 is 12.4 Å². The van der Waals surface area contributed by atoms with Gasteiger partial charge in [0, 0.05) is 18.2 Å². The maximum atomic E-state index is 11.8. The van der Waals surface area contributed by atoms with Crippen molar-refractivity contribution in [3.63, 3.8) is 0 Å². The molecule has 24 heavy (non-hydrogen) atoms. The van der Waals surface area contributed by atoms with Crippen LogP contribution in [-0.4, -0.2) is 20.6 Å². The maximum Gasteiger partial charge on any atom is 0.306 e. The van der Waals surface area contributed by atoms with E-state index in [1.54, 1.807) is 12.1 Å². The number of esters is 1. The van der Waals surface area contributed by atoms with Gasteiger partial charge in [-0.25, -0.2) is 8.42 Å². The Morgan fingerprint density at radius 2 is 1.75 bits per heavy atom. The first-order chi connectivity index (χ1) is 10.9. The van der Waals surface area contributed by atoms with E-state index in [1.807, 2.05) is 30.3 Å². The number of ether oxygens (including phenoxy) is 1. The molecule has 0 unspecified atom stereocenters. The van der Waals surface area contributed by atoms with Crippen LogP contribution in [0, 0.1) is 0 Å². The molecule has 0 aliphatic rings. The first kappa shape index (κ1) is 20.0. The number of sulfone groups is 1. The average molecular weight is 370 g/mol. The largest absolute Gasteiger partial charge is 0.461 e. The lowest BCUT2D eigenvalue weighted by molar-refractivity contribution is -0.144. The second-order valence-electron chi connectivity index (χ2n) is 5.25. The third-order valence-electron chi connectivity index (χ3n) is 3.41. The normalized spacial score (nSPS) is 10.7. The predicted molar refractivity (Wildman–Crippen MR) is 95.8 cm³/mol. The van der Waals surface area contributed by atoms with Gasteiger partial charge in [0.1, 0.15) is 6.61 Å². The lowest BCUT2D eigenvalue weighted by atomic mass is 10.1. The first-order valence-electron chi connectivity index (χ1n) is 7.15. The van der Waals surface area contributed by atoms with E-state index in [-0.39, 0.29) is 42.0 Å². The molecule has 0 fully saturated rings. The number of carbonyl (C=O) groups is 1. The van der Waals surface area contributed by atoms with Gasteiger partial charge in [-0.2, -0.15) is 0 Å². The fourth-order valence-corrected chi connectivity index (χ4v) is 3.02. The van der Waals surface area contributed by atoms with Crippen molar-refractivity contribution in [3.8, 4) is 0 Å². The third kappa shape index (κ3) is 5.54. The Morgan fingerprint density at radius 1 is 1.08 bits per heavy atom. The van der Waals surface area contributed by atoms with E-state index < -0.39 is 9.84 Å². The molecule has 0 heterocycles. The predicted octanol–water partition coefficient (Wildman–Crippen LogP) is 2.77. The molecule has 0 amide bonds. The highest BCUT2D eigenvalue weighted by molar-refractivity contribution is 7.90. The maximum absolute atomic E-state index is 11.8. The smallest absolute Gasteiger partial charge is 0.306 e. The number of nitrogen functional groups attached to an aromatic ring is 1. The van der Waals surface area contributed by atoms with E-state index in [4.69, 9.17) is 10.5 Å². The summed E-state index contributed by atoms with van der Waals surface area (Å²) in [5, 5.41) is 0. The van der Waals surface area contributed by atoms with E-state index in [2.05, 4.69) is 0 Å². The Morgan fingerprint density at radius 3 is 2.38 bits per heavy atom. The zero-order valence-corrected chi connectivity index (χ0v) is 14.9. The van der Waals surface area contributed by atoms with Crippen molar-refractivity contribution in [1.82, 2.24) is 0 Å². The number of hydrogen-bond acceptors (Lipinski definition) is 5. The second-order valence-corrected chi connectivity index (χ2v) is 7.23. The summed E-state index contributed by atoms with van der Waals surface area (Å²) in [5.74, 6) is -0.349. The molecular weight excluding hydrogens is 350 g/mol. The van der Waals surface area contributed by atoms with E-state index in [9.17, 15) is 13.2 Å². The second kappa shape index (κ2) is 8.70. The number of halogens is 1. The quantitative estimate of drug-likeness (QED) is 0.625. The molecule has 0 bridgehead atoms. The van der Waals surface area contributed by atoms with Gasteiger partial charge in [-0.3, -0.25) is 4.79 Å². The molecule has 0 saturated heterocycles. The van der Waals surface area contributed by atoms with Crippen LogP contribution in [0.2, 0.25) is 0 Å². The minimum Gasteiger partial charge on any atom is -0.461 e. The lowest BCUT2D eigenvalue weighted by Crippen LogP contribution is -2.09. The number of anilines is 1. The zero-order valence-electron chi connectivity index (χ0n) is 13.3. The summed E-state index contributed by atoms with van der Waals surface area (Å²) >= 11 is 0. The van der Waals surface area contributed by atoms with Crippen LogP contribution in [0.5, 0.6) is 0 Å². The third-order valence-corrected chi connectivity index (χ3v) is 4.56. The number of rotatable bonds is 6. The van der Waals surface area contributed by atoms with Crippen molar-refractivity contribution in [1.29, 1.82) is 0 Å². The Hall–Kier alpha value is -2.05. The highest BCUT2D eigenvalue weighted by Crippen LogP contribution is 2.23. The molecule has 0 atom stereocenters. The fourth-order valence-electron chi connectivity index (χ4n) is 2.16. The molecule has 2 aromatic carbocycles. The molecule has 130 valence electrons. The van der Waals surface area contributed by atoms with Crippen LogP contribution in [0.15, 0.2) is 53.4 Å². The number of benzene rings is 2. The van der Waals surface area contributed by atoms with Crippen LogP contribution in [-0.2, 0) is 32.4 Å². The lowest BCUT2D eigenvalue weighted by Gasteiger charge is -2.10. The summed E-state index contributed by atoms with van der Waals surface area (Å²) in [6.45, 7) is -0.0389. The average Bonchev–Trinajstić information content (AvgIpc) is 2.52. The van der Waals surface area contributed by atoms with Gasteiger partial charge < -0.3 is 10.5 Å². The van der Waals surface area contributed by atoms with Gasteiger partial charge in [-0.05, 0) is 18.1 Å². The highest BCUT2D eigenvalue weighted by atomic mass is 35.5. The van der Waals surface area contributed by atoms with Crippen LogP contribution in [0.1, 0.15) is 17.5 Å². The Kier molecular flexibility index (Phi) is 7.25. The SMILES string of the molecule is CS(=O)(=O)c1cccc(COC(=O)CCc2ccccc2)c1N.Cl.